The molecule has 39 heavy (non-hydrogen) atoms. The Morgan fingerprint density at radius 3 is 2.56 bits per heavy atom. The molecular formula is C23H17B3F6N5O2. The molecule has 0 aliphatic carbocycles. The van der Waals surface area contributed by atoms with E-state index in [1.165, 1.54) is 6.07 Å². The van der Waals surface area contributed by atoms with Gasteiger partial charge in [-0.15, -0.1) is 0 Å². The van der Waals surface area contributed by atoms with Crippen molar-refractivity contribution in [3.8, 4) is 0 Å². The van der Waals surface area contributed by atoms with Gasteiger partial charge in [-0.3, -0.25) is 4.90 Å². The third kappa shape index (κ3) is 4.65. The van der Waals surface area contributed by atoms with Crippen molar-refractivity contribution in [3.63, 3.8) is 0 Å². The highest BCUT2D eigenvalue weighted by atomic mass is 19.4. The van der Waals surface area contributed by atoms with Crippen molar-refractivity contribution in [2.24, 2.45) is 4.99 Å². The molecule has 4 N–H and O–H groups in total. The summed E-state index contributed by atoms with van der Waals surface area (Å²) in [6.07, 6.45) is -7.73. The van der Waals surface area contributed by atoms with Gasteiger partial charge in [-0.25, -0.2) is 18.2 Å². The Balaban J connectivity index is 1.66. The van der Waals surface area contributed by atoms with E-state index in [9.17, 15) is 36.6 Å². The van der Waals surface area contributed by atoms with Crippen LogP contribution in [0.4, 0.5) is 43.4 Å². The lowest BCUT2D eigenvalue weighted by Crippen LogP contribution is -2.68. The molecule has 5 radical (unpaired) electrons. The van der Waals surface area contributed by atoms with Crippen LogP contribution in [0.2, 0.25) is 0 Å². The van der Waals surface area contributed by atoms with Gasteiger partial charge < -0.3 is 25.7 Å². The Morgan fingerprint density at radius 2 is 1.92 bits per heavy atom. The van der Waals surface area contributed by atoms with Crippen molar-refractivity contribution in [1.29, 1.82) is 0 Å². The van der Waals surface area contributed by atoms with Crippen LogP contribution in [0.1, 0.15) is 22.3 Å². The van der Waals surface area contributed by atoms with E-state index < -0.39 is 41.6 Å². The van der Waals surface area contributed by atoms with Gasteiger partial charge in [0.1, 0.15) is 21.5 Å². The predicted molar refractivity (Wildman–Crippen MR) is 137 cm³/mol. The van der Waals surface area contributed by atoms with Crippen LogP contribution in [-0.4, -0.2) is 63.2 Å². The second-order valence-corrected chi connectivity index (χ2v) is 9.27. The summed E-state index contributed by atoms with van der Waals surface area (Å²) in [5.41, 5.74) is -5.04. The average Bonchev–Trinajstić information content (AvgIpc) is 3.30. The molecule has 0 fully saturated rings. The number of anilines is 3. The number of halogens is 6. The van der Waals surface area contributed by atoms with Gasteiger partial charge in [-0.2, -0.15) is 13.2 Å². The van der Waals surface area contributed by atoms with Crippen molar-refractivity contribution >= 4 is 57.4 Å². The standard InChI is InChI=1S/C23H17B3F6N5O2/c1-9(11-3-12(21(30,31)32)5-13(27)4-11)34-15-6-16-19(18-10(2)33-7-14(15)18)37-20(36(16)8-17(28)29)35-22(24,38)26-23(37,25)39/h3-6,17,33-34,38-39H,1-2,7-8H2. The number of hydrogen-bond donors (Lipinski definition) is 4. The first-order chi connectivity index (χ1) is 18.0. The molecule has 0 saturated heterocycles. The van der Waals surface area contributed by atoms with E-state index in [1.807, 2.05) is 0 Å². The molecule has 3 heterocycles. The second kappa shape index (κ2) is 8.75. The third-order valence-corrected chi connectivity index (χ3v) is 6.37. The highest BCUT2D eigenvalue weighted by Crippen LogP contribution is 2.51. The predicted octanol–water partition coefficient (Wildman–Crippen LogP) is 2.51. The van der Waals surface area contributed by atoms with Crippen LogP contribution in [0.3, 0.4) is 0 Å². The molecule has 16 heteroatoms. The summed E-state index contributed by atoms with van der Waals surface area (Å²) >= 11 is 0. The highest BCUT2D eigenvalue weighted by molar-refractivity contribution is 6.66. The zero-order chi connectivity index (χ0) is 28.7. The largest absolute Gasteiger partial charge is 0.416 e. The van der Waals surface area contributed by atoms with E-state index in [0.717, 1.165) is 15.9 Å². The van der Waals surface area contributed by atoms with Gasteiger partial charge in [0.2, 0.25) is 13.2 Å². The van der Waals surface area contributed by atoms with E-state index in [4.69, 9.17) is 15.7 Å². The molecule has 0 amide bonds. The normalized spacial score (nSPS) is 23.6. The number of benzene rings is 2. The lowest BCUT2D eigenvalue weighted by molar-refractivity contribution is -0.137. The third-order valence-electron chi connectivity index (χ3n) is 6.37. The van der Waals surface area contributed by atoms with E-state index in [2.05, 4.69) is 28.8 Å². The van der Waals surface area contributed by atoms with Crippen LogP contribution in [0, 0.1) is 5.82 Å². The molecule has 0 aromatic heterocycles. The number of guanidine groups is 1. The zero-order valence-corrected chi connectivity index (χ0v) is 20.0. The number of fused-ring (bicyclic) bond motifs is 5. The van der Waals surface area contributed by atoms with Crippen LogP contribution in [0.15, 0.2) is 42.4 Å². The molecule has 197 valence electrons. The Bertz CT molecular complexity index is 1450. The van der Waals surface area contributed by atoms with Crippen LogP contribution in [0.25, 0.3) is 11.4 Å². The minimum Gasteiger partial charge on any atom is -0.388 e. The summed E-state index contributed by atoms with van der Waals surface area (Å²) in [5.74, 6) is -1.51. The summed E-state index contributed by atoms with van der Waals surface area (Å²) < 4.78 is 81.1. The van der Waals surface area contributed by atoms with E-state index in [0.29, 0.717) is 36.2 Å². The molecule has 3 aliphatic rings. The molecule has 2 aromatic carbocycles. The van der Waals surface area contributed by atoms with E-state index in [1.54, 1.807) is 0 Å². The van der Waals surface area contributed by atoms with Crippen LogP contribution in [0.5, 0.6) is 0 Å². The van der Waals surface area contributed by atoms with Gasteiger partial charge in [-0.05, 0) is 24.3 Å². The van der Waals surface area contributed by atoms with Gasteiger partial charge in [-0.1, -0.05) is 13.2 Å². The first kappa shape index (κ1) is 27.1. The minimum absolute atomic E-state index is 0.0400. The maximum atomic E-state index is 14.0. The van der Waals surface area contributed by atoms with Crippen LogP contribution >= 0.6 is 0 Å². The van der Waals surface area contributed by atoms with Crippen molar-refractivity contribution in [1.82, 2.24) is 5.32 Å². The van der Waals surface area contributed by atoms with Gasteiger partial charge in [0.15, 0.2) is 0 Å². The molecule has 2 aromatic rings. The summed E-state index contributed by atoms with van der Waals surface area (Å²) in [4.78, 5) is 5.89. The fourth-order valence-electron chi connectivity index (χ4n) is 4.86. The number of alkyl halides is 5. The van der Waals surface area contributed by atoms with Gasteiger partial charge in [0.05, 0.1) is 34.5 Å². The SMILES string of the molecule is [B]C1(O)[B]C([B])(O)N2C(=N1)N(CC(F)F)c1cc(NC(=C)c3cc(F)cc(C(F)(F)F)c3)c3c(c12)C(=C)NC3. The highest BCUT2D eigenvalue weighted by Gasteiger charge is 2.52. The first-order valence-corrected chi connectivity index (χ1v) is 11.3. The molecule has 3 aliphatic heterocycles. The van der Waals surface area contributed by atoms with Crippen LogP contribution < -0.4 is 20.4 Å². The molecule has 5 rings (SSSR count). The summed E-state index contributed by atoms with van der Waals surface area (Å²) in [6.45, 7) is 6.84. The van der Waals surface area contributed by atoms with E-state index >= 15 is 0 Å². The summed E-state index contributed by atoms with van der Waals surface area (Å²) in [6, 6.07) is 3.30. The van der Waals surface area contributed by atoms with Gasteiger partial charge in [0, 0.05) is 40.3 Å². The topological polar surface area (TPSA) is 83.4 Å². The lowest BCUT2D eigenvalue weighted by atomic mass is 9.43. The monoisotopic (exact) mass is 542 g/mol. The van der Waals surface area contributed by atoms with Gasteiger partial charge >= 0.3 is 6.18 Å². The van der Waals surface area contributed by atoms with Crippen molar-refractivity contribution in [2.45, 2.75) is 30.2 Å². The molecule has 0 spiro atoms. The Labute approximate surface area is 221 Å². The number of nitrogens with one attached hydrogen (secondary N) is 2. The quantitative estimate of drug-likeness (QED) is 0.344. The molecule has 2 atom stereocenters. The van der Waals surface area contributed by atoms with E-state index in [-0.39, 0.29) is 40.8 Å². The van der Waals surface area contributed by atoms with Crippen molar-refractivity contribution < 1.29 is 36.6 Å². The number of aliphatic imine (C=N–C) groups is 1. The zero-order valence-electron chi connectivity index (χ0n) is 20.0. The maximum Gasteiger partial charge on any atom is 0.416 e. The van der Waals surface area contributed by atoms with Crippen molar-refractivity contribution in [3.05, 3.63) is 65.5 Å². The summed E-state index contributed by atoms with van der Waals surface area (Å²) in [7, 11) is 12.4. The van der Waals surface area contributed by atoms with Gasteiger partial charge in [0.25, 0.3) is 6.43 Å². The smallest absolute Gasteiger partial charge is 0.388 e. The molecule has 2 unspecified atom stereocenters. The number of aliphatic hydroxyl groups is 2. The molecule has 0 bridgehead atoms. The second-order valence-electron chi connectivity index (χ2n) is 9.27. The average molecular weight is 542 g/mol. The fraction of sp³-hybridized carbons (Fsp3) is 0.261. The number of rotatable bonds is 5. The fourth-order valence-corrected chi connectivity index (χ4v) is 4.86. The van der Waals surface area contributed by atoms with Crippen molar-refractivity contribution in [2.75, 3.05) is 21.7 Å². The Kier molecular flexibility index (Phi) is 6.07. The summed E-state index contributed by atoms with van der Waals surface area (Å²) in [5, 5.41) is 27.1. The van der Waals surface area contributed by atoms with Crippen LogP contribution in [-0.2, 0) is 12.7 Å². The Hall–Kier alpha value is -3.52. The minimum atomic E-state index is -4.81. The molecule has 7 nitrogen and oxygen atoms in total. The number of hydrogen-bond acceptors (Lipinski definition) is 7. The Morgan fingerprint density at radius 1 is 1.23 bits per heavy atom. The number of nitrogens with zero attached hydrogens (tertiary/aromatic N) is 3. The molecular weight excluding hydrogens is 525 g/mol. The molecule has 0 saturated carbocycles. The first-order valence-electron chi connectivity index (χ1n) is 11.3. The lowest BCUT2D eigenvalue weighted by Gasteiger charge is -2.44. The maximum absolute atomic E-state index is 14.0.